The minimum absolute atomic E-state index is 0.00279. The maximum absolute atomic E-state index is 12.5. The highest BCUT2D eigenvalue weighted by Crippen LogP contribution is 2.47. The van der Waals surface area contributed by atoms with E-state index < -0.39 is 0 Å². The highest BCUT2D eigenvalue weighted by Gasteiger charge is 2.48. The van der Waals surface area contributed by atoms with Gasteiger partial charge in [-0.15, -0.1) is 0 Å². The average molecular weight is 364 g/mol. The molecule has 140 valence electrons. The van der Waals surface area contributed by atoms with Gasteiger partial charge in [0, 0.05) is 36.2 Å². The lowest BCUT2D eigenvalue weighted by Crippen LogP contribution is -2.45. The molecule has 1 aromatic heterocycles. The summed E-state index contributed by atoms with van der Waals surface area (Å²) < 4.78 is 0. The fourth-order valence-corrected chi connectivity index (χ4v) is 4.44. The van der Waals surface area contributed by atoms with Gasteiger partial charge in [-0.05, 0) is 60.9 Å². The van der Waals surface area contributed by atoms with E-state index in [-0.39, 0.29) is 23.8 Å². The van der Waals surface area contributed by atoms with Crippen molar-refractivity contribution in [2.24, 2.45) is 23.5 Å². The Kier molecular flexibility index (Phi) is 4.90. The monoisotopic (exact) mass is 364 g/mol. The normalized spacial score (nSPS) is 26.0. The predicted octanol–water partition coefficient (Wildman–Crippen LogP) is 2.32. The largest absolute Gasteiger partial charge is 0.352 e. The highest BCUT2D eigenvalue weighted by atomic mass is 16.2. The van der Waals surface area contributed by atoms with Gasteiger partial charge >= 0.3 is 0 Å². The zero-order valence-corrected chi connectivity index (χ0v) is 15.1. The van der Waals surface area contributed by atoms with Crippen LogP contribution in [0.25, 0.3) is 0 Å². The van der Waals surface area contributed by atoms with Crippen molar-refractivity contribution < 1.29 is 9.59 Å². The van der Waals surface area contributed by atoms with Crippen LogP contribution >= 0.6 is 0 Å². The Morgan fingerprint density at radius 2 is 1.74 bits per heavy atom. The number of hydrogen-bond donors (Lipinski definition) is 3. The van der Waals surface area contributed by atoms with Crippen LogP contribution in [-0.4, -0.2) is 22.8 Å². The molecule has 2 aromatic rings. The topological polar surface area (TPSA) is 97.1 Å². The maximum atomic E-state index is 12.5. The predicted molar refractivity (Wildman–Crippen MR) is 103 cm³/mol. The molecule has 6 heteroatoms. The van der Waals surface area contributed by atoms with Crippen LogP contribution in [0.1, 0.15) is 35.2 Å². The van der Waals surface area contributed by atoms with Gasteiger partial charge in [-0.2, -0.15) is 0 Å². The molecule has 2 fully saturated rings. The number of benzene rings is 1. The van der Waals surface area contributed by atoms with E-state index in [1.54, 1.807) is 36.7 Å². The minimum atomic E-state index is -0.176. The van der Waals surface area contributed by atoms with E-state index >= 15 is 0 Å². The third kappa shape index (κ3) is 3.71. The zero-order valence-electron chi connectivity index (χ0n) is 15.1. The van der Waals surface area contributed by atoms with Crippen molar-refractivity contribution in [3.05, 3.63) is 59.9 Å². The quantitative estimate of drug-likeness (QED) is 0.758. The van der Waals surface area contributed by atoms with Gasteiger partial charge in [0.25, 0.3) is 5.91 Å². The summed E-state index contributed by atoms with van der Waals surface area (Å²) in [4.78, 5) is 28.7. The van der Waals surface area contributed by atoms with Crippen molar-refractivity contribution in [1.82, 2.24) is 10.3 Å². The highest BCUT2D eigenvalue weighted by molar-refractivity contribution is 6.04. The second-order valence-corrected chi connectivity index (χ2v) is 7.54. The van der Waals surface area contributed by atoms with Crippen LogP contribution in [-0.2, 0) is 11.3 Å². The third-order valence-corrected chi connectivity index (χ3v) is 5.90. The number of carbonyl (C=O) groups excluding carboxylic acids is 2. The molecule has 1 aromatic carbocycles. The summed E-state index contributed by atoms with van der Waals surface area (Å²) in [5, 5.41) is 5.84. The summed E-state index contributed by atoms with van der Waals surface area (Å²) in [6.45, 7) is 0.450. The molecule has 0 radical (unpaired) electrons. The maximum Gasteiger partial charge on any atom is 0.255 e. The van der Waals surface area contributed by atoms with E-state index in [9.17, 15) is 9.59 Å². The molecule has 27 heavy (non-hydrogen) atoms. The first-order valence-corrected chi connectivity index (χ1v) is 9.45. The summed E-state index contributed by atoms with van der Waals surface area (Å²) >= 11 is 0. The molecule has 4 unspecified atom stereocenters. The minimum Gasteiger partial charge on any atom is -0.352 e. The first-order valence-electron chi connectivity index (χ1n) is 9.45. The first kappa shape index (κ1) is 17.7. The van der Waals surface area contributed by atoms with Crippen molar-refractivity contribution in [3.63, 3.8) is 0 Å². The molecular formula is C21H24N4O2. The number of pyridine rings is 1. The molecule has 0 saturated heterocycles. The van der Waals surface area contributed by atoms with Gasteiger partial charge in [0.05, 0.1) is 5.92 Å². The Balaban J connectivity index is 1.31. The molecule has 4 rings (SSSR count). The Hall–Kier alpha value is -2.73. The van der Waals surface area contributed by atoms with Gasteiger partial charge in [-0.1, -0.05) is 12.1 Å². The molecule has 1 heterocycles. The molecule has 4 atom stereocenters. The van der Waals surface area contributed by atoms with Crippen LogP contribution < -0.4 is 16.4 Å². The van der Waals surface area contributed by atoms with Gasteiger partial charge in [0.15, 0.2) is 0 Å². The Morgan fingerprint density at radius 3 is 2.41 bits per heavy atom. The number of fused-ring (bicyclic) bond motifs is 2. The lowest BCUT2D eigenvalue weighted by atomic mass is 9.84. The number of aromatic nitrogens is 1. The van der Waals surface area contributed by atoms with Crippen molar-refractivity contribution in [3.8, 4) is 0 Å². The fraction of sp³-hybridized carbons (Fsp3) is 0.381. The molecular weight excluding hydrogens is 340 g/mol. The van der Waals surface area contributed by atoms with Crippen LogP contribution in [0.5, 0.6) is 0 Å². The lowest BCUT2D eigenvalue weighted by Gasteiger charge is -2.27. The summed E-state index contributed by atoms with van der Waals surface area (Å²) in [6, 6.07) is 10.7. The SMILES string of the molecule is NC1C2CCC(C2)C1C(=O)NCc1ccc(C(=O)Nc2ccncc2)cc1. The van der Waals surface area contributed by atoms with Gasteiger partial charge in [0.1, 0.15) is 0 Å². The van der Waals surface area contributed by atoms with Crippen LogP contribution in [0.3, 0.4) is 0 Å². The Labute approximate surface area is 158 Å². The van der Waals surface area contributed by atoms with Gasteiger partial charge in [-0.25, -0.2) is 0 Å². The van der Waals surface area contributed by atoms with Gasteiger partial charge in [-0.3, -0.25) is 14.6 Å². The van der Waals surface area contributed by atoms with E-state index in [1.165, 1.54) is 6.42 Å². The molecule has 6 nitrogen and oxygen atoms in total. The number of rotatable bonds is 5. The molecule has 0 spiro atoms. The van der Waals surface area contributed by atoms with E-state index in [1.807, 2.05) is 12.1 Å². The van der Waals surface area contributed by atoms with Crippen molar-refractivity contribution in [2.45, 2.75) is 31.8 Å². The summed E-state index contributed by atoms with van der Waals surface area (Å²) in [5.41, 5.74) is 8.47. The number of amides is 2. The fourth-order valence-electron chi connectivity index (χ4n) is 4.44. The standard InChI is InChI=1S/C21H24N4O2/c22-19-16-6-5-15(11-16)18(19)21(27)24-12-13-1-3-14(4-2-13)20(26)25-17-7-9-23-10-8-17/h1-4,7-10,15-16,18-19H,5-6,11-12,22H2,(H,24,27)(H,23,25,26). The number of anilines is 1. The van der Waals surface area contributed by atoms with Crippen LogP contribution in [0.4, 0.5) is 5.69 Å². The Morgan fingerprint density at radius 1 is 1.04 bits per heavy atom. The summed E-state index contributed by atoms with van der Waals surface area (Å²) in [5.74, 6) is 0.807. The Bertz CT molecular complexity index is 820. The number of carbonyl (C=O) groups is 2. The second-order valence-electron chi connectivity index (χ2n) is 7.54. The molecule has 4 N–H and O–H groups in total. The molecule has 2 amide bonds. The number of hydrogen-bond acceptors (Lipinski definition) is 4. The van der Waals surface area contributed by atoms with Crippen molar-refractivity contribution in [1.29, 1.82) is 0 Å². The second kappa shape index (κ2) is 7.48. The smallest absolute Gasteiger partial charge is 0.255 e. The van der Waals surface area contributed by atoms with E-state index in [0.717, 1.165) is 18.4 Å². The molecule has 0 aliphatic heterocycles. The number of nitrogens with one attached hydrogen (secondary N) is 2. The number of nitrogens with two attached hydrogens (primary N) is 1. The van der Waals surface area contributed by atoms with Crippen LogP contribution in [0.2, 0.25) is 0 Å². The third-order valence-electron chi connectivity index (χ3n) is 5.90. The molecule has 2 aliphatic rings. The van der Waals surface area contributed by atoms with Gasteiger partial charge < -0.3 is 16.4 Å². The van der Waals surface area contributed by atoms with Crippen LogP contribution in [0.15, 0.2) is 48.8 Å². The van der Waals surface area contributed by atoms with E-state index in [2.05, 4.69) is 15.6 Å². The summed E-state index contributed by atoms with van der Waals surface area (Å²) in [6.07, 6.45) is 6.64. The average Bonchev–Trinajstić information content (AvgIpc) is 3.28. The van der Waals surface area contributed by atoms with Gasteiger partial charge in [0.2, 0.25) is 5.91 Å². The zero-order chi connectivity index (χ0) is 18.8. The lowest BCUT2D eigenvalue weighted by molar-refractivity contribution is -0.127. The van der Waals surface area contributed by atoms with Crippen LogP contribution in [0, 0.1) is 17.8 Å². The molecule has 2 saturated carbocycles. The van der Waals surface area contributed by atoms with Crippen molar-refractivity contribution >= 4 is 17.5 Å². The van der Waals surface area contributed by atoms with E-state index in [0.29, 0.717) is 29.6 Å². The summed E-state index contributed by atoms with van der Waals surface area (Å²) in [7, 11) is 0. The number of nitrogens with zero attached hydrogens (tertiary/aromatic N) is 1. The van der Waals surface area contributed by atoms with Crippen molar-refractivity contribution in [2.75, 3.05) is 5.32 Å². The molecule has 2 bridgehead atoms. The van der Waals surface area contributed by atoms with E-state index in [4.69, 9.17) is 5.73 Å². The molecule has 2 aliphatic carbocycles. The first-order chi connectivity index (χ1) is 13.1.